The van der Waals surface area contributed by atoms with Gasteiger partial charge in [0.2, 0.25) is 5.91 Å². The van der Waals surface area contributed by atoms with Gasteiger partial charge in [-0.1, -0.05) is 12.1 Å². The highest BCUT2D eigenvalue weighted by Crippen LogP contribution is 2.16. The highest BCUT2D eigenvalue weighted by Gasteiger charge is 2.12. The second-order valence-electron chi connectivity index (χ2n) is 5.47. The van der Waals surface area contributed by atoms with E-state index in [4.69, 9.17) is 4.42 Å². The molecule has 0 atom stereocenters. The SMILES string of the molecule is CC(=O)c1cc(CCC(=O)NCCc2ccc(F)cc2)oc1C. The summed E-state index contributed by atoms with van der Waals surface area (Å²) in [5, 5.41) is 2.82. The third-order valence-electron chi connectivity index (χ3n) is 3.60. The topological polar surface area (TPSA) is 59.3 Å². The van der Waals surface area contributed by atoms with E-state index in [1.807, 2.05) is 0 Å². The molecule has 1 heterocycles. The molecule has 1 amide bonds. The molecule has 0 unspecified atom stereocenters. The van der Waals surface area contributed by atoms with Gasteiger partial charge in [0.15, 0.2) is 5.78 Å². The quantitative estimate of drug-likeness (QED) is 0.798. The van der Waals surface area contributed by atoms with Crippen LogP contribution >= 0.6 is 0 Å². The molecule has 0 aliphatic rings. The molecule has 0 radical (unpaired) electrons. The number of ketones is 1. The summed E-state index contributed by atoms with van der Waals surface area (Å²) in [5.74, 6) is 0.842. The van der Waals surface area contributed by atoms with Gasteiger partial charge in [0.1, 0.15) is 17.3 Å². The standard InChI is InChI=1S/C18H20FNO3/c1-12(21)17-11-16(23-13(17)2)7-8-18(22)20-10-9-14-3-5-15(19)6-4-14/h3-6,11H,7-10H2,1-2H3,(H,20,22). The Labute approximate surface area is 134 Å². The summed E-state index contributed by atoms with van der Waals surface area (Å²) in [4.78, 5) is 23.2. The van der Waals surface area contributed by atoms with Crippen molar-refractivity contribution in [3.05, 3.63) is 58.8 Å². The molecule has 1 aromatic heterocycles. The first-order valence-electron chi connectivity index (χ1n) is 7.57. The molecule has 2 rings (SSSR count). The highest BCUT2D eigenvalue weighted by molar-refractivity contribution is 5.95. The molecule has 1 N–H and O–H groups in total. The number of furan rings is 1. The summed E-state index contributed by atoms with van der Waals surface area (Å²) in [6, 6.07) is 7.92. The number of hydrogen-bond donors (Lipinski definition) is 1. The van der Waals surface area contributed by atoms with Crippen LogP contribution in [0.25, 0.3) is 0 Å². The van der Waals surface area contributed by atoms with Crippen molar-refractivity contribution in [2.45, 2.75) is 33.1 Å². The van der Waals surface area contributed by atoms with Gasteiger partial charge >= 0.3 is 0 Å². The second kappa shape index (κ2) is 7.72. The number of carbonyl (C=O) groups excluding carboxylic acids is 2. The van der Waals surface area contributed by atoms with Crippen LogP contribution in [0.5, 0.6) is 0 Å². The first-order chi connectivity index (χ1) is 11.0. The van der Waals surface area contributed by atoms with Gasteiger partial charge in [0, 0.05) is 19.4 Å². The number of nitrogens with one attached hydrogen (secondary N) is 1. The smallest absolute Gasteiger partial charge is 0.220 e. The lowest BCUT2D eigenvalue weighted by atomic mass is 10.1. The third-order valence-corrected chi connectivity index (χ3v) is 3.60. The van der Waals surface area contributed by atoms with E-state index in [1.54, 1.807) is 25.1 Å². The summed E-state index contributed by atoms with van der Waals surface area (Å²) in [5.41, 5.74) is 1.54. The molecule has 0 saturated carbocycles. The normalized spacial score (nSPS) is 10.6. The minimum absolute atomic E-state index is 0.0405. The van der Waals surface area contributed by atoms with Crippen molar-refractivity contribution in [2.75, 3.05) is 6.54 Å². The average molecular weight is 317 g/mol. The van der Waals surface area contributed by atoms with E-state index in [9.17, 15) is 14.0 Å². The Bertz CT molecular complexity index is 689. The first kappa shape index (κ1) is 16.9. The number of hydrogen-bond acceptors (Lipinski definition) is 3. The first-order valence-corrected chi connectivity index (χ1v) is 7.57. The van der Waals surface area contributed by atoms with Crippen LogP contribution in [0, 0.1) is 12.7 Å². The Morgan fingerprint density at radius 2 is 1.87 bits per heavy atom. The maximum atomic E-state index is 12.8. The largest absolute Gasteiger partial charge is 0.466 e. The van der Waals surface area contributed by atoms with Crippen LogP contribution in [0.2, 0.25) is 0 Å². The van der Waals surface area contributed by atoms with Crippen LogP contribution in [-0.2, 0) is 17.6 Å². The van der Waals surface area contributed by atoms with Crippen molar-refractivity contribution in [3.63, 3.8) is 0 Å². The fourth-order valence-corrected chi connectivity index (χ4v) is 2.34. The molecule has 0 aliphatic heterocycles. The van der Waals surface area contributed by atoms with Gasteiger partial charge in [-0.3, -0.25) is 9.59 Å². The van der Waals surface area contributed by atoms with Crippen molar-refractivity contribution < 1.29 is 18.4 Å². The summed E-state index contributed by atoms with van der Waals surface area (Å²) < 4.78 is 18.3. The zero-order chi connectivity index (χ0) is 16.8. The summed E-state index contributed by atoms with van der Waals surface area (Å²) >= 11 is 0. The van der Waals surface area contributed by atoms with Crippen LogP contribution in [0.3, 0.4) is 0 Å². The lowest BCUT2D eigenvalue weighted by Gasteiger charge is -2.05. The van der Waals surface area contributed by atoms with Gasteiger partial charge in [0.25, 0.3) is 0 Å². The predicted molar refractivity (Wildman–Crippen MR) is 84.9 cm³/mol. The van der Waals surface area contributed by atoms with E-state index in [2.05, 4.69) is 5.32 Å². The molecule has 1 aromatic carbocycles. The number of aryl methyl sites for hydroxylation is 2. The minimum atomic E-state index is -0.267. The van der Waals surface area contributed by atoms with E-state index in [-0.39, 0.29) is 17.5 Å². The molecular weight excluding hydrogens is 297 g/mol. The van der Waals surface area contributed by atoms with Crippen molar-refractivity contribution in [1.29, 1.82) is 0 Å². The summed E-state index contributed by atoms with van der Waals surface area (Å²) in [6.45, 7) is 3.73. The average Bonchev–Trinajstić information content (AvgIpc) is 2.88. The van der Waals surface area contributed by atoms with Gasteiger partial charge in [0.05, 0.1) is 5.56 Å². The molecular formula is C18H20FNO3. The van der Waals surface area contributed by atoms with Gasteiger partial charge in [-0.05, 0) is 44.0 Å². The van der Waals surface area contributed by atoms with Crippen molar-refractivity contribution in [1.82, 2.24) is 5.32 Å². The number of carbonyl (C=O) groups is 2. The van der Waals surface area contributed by atoms with Crippen LogP contribution in [-0.4, -0.2) is 18.2 Å². The van der Waals surface area contributed by atoms with Crippen molar-refractivity contribution >= 4 is 11.7 Å². The van der Waals surface area contributed by atoms with E-state index >= 15 is 0 Å². The maximum absolute atomic E-state index is 12.8. The third kappa shape index (κ3) is 5.06. The van der Waals surface area contributed by atoms with Gasteiger partial charge in [-0.15, -0.1) is 0 Å². The Balaban J connectivity index is 1.73. The number of Topliss-reactive ketones (excluding diaryl/α,β-unsaturated/α-hetero) is 1. The zero-order valence-corrected chi connectivity index (χ0v) is 13.3. The number of amides is 1. The van der Waals surface area contributed by atoms with Crippen molar-refractivity contribution in [2.24, 2.45) is 0 Å². The van der Waals surface area contributed by atoms with Crippen LogP contribution in [0.1, 0.15) is 40.8 Å². The number of rotatable bonds is 7. The predicted octanol–water partition coefficient (Wildman–Crippen LogP) is 3.22. The van der Waals surface area contributed by atoms with Crippen LogP contribution in [0.15, 0.2) is 34.7 Å². The Morgan fingerprint density at radius 1 is 1.17 bits per heavy atom. The maximum Gasteiger partial charge on any atom is 0.220 e. The van der Waals surface area contributed by atoms with Gasteiger partial charge in [-0.25, -0.2) is 4.39 Å². The molecule has 23 heavy (non-hydrogen) atoms. The molecule has 4 nitrogen and oxygen atoms in total. The molecule has 5 heteroatoms. The van der Waals surface area contributed by atoms with E-state index in [0.29, 0.717) is 42.9 Å². The minimum Gasteiger partial charge on any atom is -0.466 e. The molecule has 122 valence electrons. The second-order valence-corrected chi connectivity index (χ2v) is 5.47. The Morgan fingerprint density at radius 3 is 2.48 bits per heavy atom. The Hall–Kier alpha value is -2.43. The monoisotopic (exact) mass is 317 g/mol. The summed E-state index contributed by atoms with van der Waals surface area (Å²) in [7, 11) is 0. The number of halogens is 1. The molecule has 0 aliphatic carbocycles. The van der Waals surface area contributed by atoms with E-state index in [0.717, 1.165) is 5.56 Å². The van der Waals surface area contributed by atoms with Gasteiger partial charge in [-0.2, -0.15) is 0 Å². The van der Waals surface area contributed by atoms with E-state index < -0.39 is 0 Å². The van der Waals surface area contributed by atoms with E-state index in [1.165, 1.54) is 19.1 Å². The van der Waals surface area contributed by atoms with Crippen LogP contribution in [0.4, 0.5) is 4.39 Å². The highest BCUT2D eigenvalue weighted by atomic mass is 19.1. The molecule has 0 saturated heterocycles. The lowest BCUT2D eigenvalue weighted by molar-refractivity contribution is -0.121. The molecule has 0 bridgehead atoms. The fraction of sp³-hybridized carbons (Fsp3) is 0.333. The zero-order valence-electron chi connectivity index (χ0n) is 13.3. The Kier molecular flexibility index (Phi) is 5.68. The summed E-state index contributed by atoms with van der Waals surface area (Å²) in [6.07, 6.45) is 1.41. The lowest BCUT2D eigenvalue weighted by Crippen LogP contribution is -2.25. The van der Waals surface area contributed by atoms with Crippen LogP contribution < -0.4 is 5.32 Å². The molecule has 0 spiro atoms. The van der Waals surface area contributed by atoms with Crippen molar-refractivity contribution in [3.8, 4) is 0 Å². The fourth-order valence-electron chi connectivity index (χ4n) is 2.34. The number of benzene rings is 1. The molecule has 2 aromatic rings. The van der Waals surface area contributed by atoms with Gasteiger partial charge < -0.3 is 9.73 Å². The molecule has 0 fully saturated rings.